The first-order valence-electron chi connectivity index (χ1n) is 5.51. The standard InChI is InChI=1S/C12H11ClN2O5/c1-18-8-4-6(3-7(13)11(8)19-2)12-14-9(20-15-12)5-10(16)17/h3-4H,5H2,1-2H3,(H,16,17). The summed E-state index contributed by atoms with van der Waals surface area (Å²) < 4.78 is 15.1. The van der Waals surface area contributed by atoms with Crippen molar-refractivity contribution in [1.29, 1.82) is 0 Å². The fraction of sp³-hybridized carbons (Fsp3) is 0.250. The van der Waals surface area contributed by atoms with Crippen LogP contribution in [0.4, 0.5) is 0 Å². The van der Waals surface area contributed by atoms with Crippen LogP contribution in [0.2, 0.25) is 5.02 Å². The molecule has 0 amide bonds. The smallest absolute Gasteiger partial charge is 0.312 e. The monoisotopic (exact) mass is 298 g/mol. The Hall–Kier alpha value is -2.28. The second-order valence-corrected chi connectivity index (χ2v) is 4.18. The molecular weight excluding hydrogens is 288 g/mol. The van der Waals surface area contributed by atoms with E-state index < -0.39 is 5.97 Å². The van der Waals surface area contributed by atoms with Gasteiger partial charge in [0.25, 0.3) is 0 Å². The number of aromatic nitrogens is 2. The van der Waals surface area contributed by atoms with Crippen molar-refractivity contribution in [2.45, 2.75) is 6.42 Å². The normalized spacial score (nSPS) is 10.3. The van der Waals surface area contributed by atoms with Crippen LogP contribution in [-0.4, -0.2) is 35.4 Å². The van der Waals surface area contributed by atoms with Gasteiger partial charge in [-0.1, -0.05) is 16.8 Å². The van der Waals surface area contributed by atoms with Gasteiger partial charge in [0.15, 0.2) is 11.5 Å². The number of carboxylic acid groups (broad SMARTS) is 1. The van der Waals surface area contributed by atoms with Crippen molar-refractivity contribution in [1.82, 2.24) is 10.1 Å². The molecule has 8 heteroatoms. The molecule has 20 heavy (non-hydrogen) atoms. The van der Waals surface area contributed by atoms with E-state index in [0.717, 1.165) is 0 Å². The van der Waals surface area contributed by atoms with Crippen molar-refractivity contribution in [3.8, 4) is 22.9 Å². The van der Waals surface area contributed by atoms with Crippen LogP contribution >= 0.6 is 11.6 Å². The Morgan fingerprint density at radius 1 is 1.40 bits per heavy atom. The van der Waals surface area contributed by atoms with Crippen LogP contribution in [0.1, 0.15) is 5.89 Å². The zero-order chi connectivity index (χ0) is 14.7. The molecule has 0 aliphatic heterocycles. The molecule has 106 valence electrons. The fourth-order valence-corrected chi connectivity index (χ4v) is 1.91. The van der Waals surface area contributed by atoms with Crippen LogP contribution < -0.4 is 9.47 Å². The summed E-state index contributed by atoms with van der Waals surface area (Å²) in [7, 11) is 2.95. The molecule has 0 spiro atoms. The van der Waals surface area contributed by atoms with Gasteiger partial charge >= 0.3 is 5.97 Å². The molecular formula is C12H11ClN2O5. The first-order chi connectivity index (χ1) is 9.55. The summed E-state index contributed by atoms with van der Waals surface area (Å²) >= 11 is 6.07. The van der Waals surface area contributed by atoms with Gasteiger partial charge in [0, 0.05) is 5.56 Å². The molecule has 0 fully saturated rings. The first-order valence-corrected chi connectivity index (χ1v) is 5.89. The molecule has 0 bridgehead atoms. The SMILES string of the molecule is COc1cc(-c2noc(CC(=O)O)n2)cc(Cl)c1OC. The molecule has 0 radical (unpaired) electrons. The van der Waals surface area contributed by atoms with Crippen LogP contribution in [-0.2, 0) is 11.2 Å². The number of ether oxygens (including phenoxy) is 2. The fourth-order valence-electron chi connectivity index (χ4n) is 1.62. The number of halogens is 1. The largest absolute Gasteiger partial charge is 0.493 e. The molecule has 0 unspecified atom stereocenters. The molecule has 2 rings (SSSR count). The Balaban J connectivity index is 2.40. The van der Waals surface area contributed by atoms with Crippen molar-refractivity contribution in [3.63, 3.8) is 0 Å². The average molecular weight is 299 g/mol. The zero-order valence-corrected chi connectivity index (χ0v) is 11.5. The molecule has 1 aromatic heterocycles. The number of aliphatic carboxylic acids is 1. The van der Waals surface area contributed by atoms with E-state index in [1.54, 1.807) is 12.1 Å². The van der Waals surface area contributed by atoms with Crippen LogP contribution in [0.5, 0.6) is 11.5 Å². The second kappa shape index (κ2) is 5.79. The quantitative estimate of drug-likeness (QED) is 0.902. The number of hydrogen-bond acceptors (Lipinski definition) is 6. The van der Waals surface area contributed by atoms with Crippen molar-refractivity contribution in [2.24, 2.45) is 0 Å². The van der Waals surface area contributed by atoms with Crippen molar-refractivity contribution in [2.75, 3.05) is 14.2 Å². The number of benzene rings is 1. The molecule has 7 nitrogen and oxygen atoms in total. The van der Waals surface area contributed by atoms with Gasteiger partial charge in [-0.15, -0.1) is 0 Å². The summed E-state index contributed by atoms with van der Waals surface area (Å²) in [6, 6.07) is 3.21. The van der Waals surface area contributed by atoms with Crippen LogP contribution in [0, 0.1) is 0 Å². The van der Waals surface area contributed by atoms with Gasteiger partial charge in [-0.2, -0.15) is 4.98 Å². The van der Waals surface area contributed by atoms with E-state index in [0.29, 0.717) is 22.1 Å². The minimum absolute atomic E-state index is 0.0124. The second-order valence-electron chi connectivity index (χ2n) is 3.78. The number of carbonyl (C=O) groups is 1. The van der Waals surface area contributed by atoms with E-state index in [1.165, 1.54) is 14.2 Å². The average Bonchev–Trinajstić information content (AvgIpc) is 2.85. The van der Waals surface area contributed by atoms with Gasteiger partial charge in [-0.05, 0) is 12.1 Å². The molecule has 0 aliphatic rings. The lowest BCUT2D eigenvalue weighted by Gasteiger charge is -2.10. The highest BCUT2D eigenvalue weighted by Crippen LogP contribution is 2.38. The summed E-state index contributed by atoms with van der Waals surface area (Å²) in [5, 5.41) is 12.7. The Morgan fingerprint density at radius 3 is 2.75 bits per heavy atom. The van der Waals surface area contributed by atoms with E-state index in [-0.39, 0.29) is 18.1 Å². The number of methoxy groups -OCH3 is 2. The Labute approximate surface area is 119 Å². The van der Waals surface area contributed by atoms with Gasteiger partial charge in [0.05, 0.1) is 19.2 Å². The third-order valence-electron chi connectivity index (χ3n) is 2.46. The number of rotatable bonds is 5. The number of carboxylic acids is 1. The molecule has 1 heterocycles. The minimum Gasteiger partial charge on any atom is -0.493 e. The zero-order valence-electron chi connectivity index (χ0n) is 10.7. The predicted octanol–water partition coefficient (Wildman–Crippen LogP) is 2.03. The molecule has 0 atom stereocenters. The van der Waals surface area contributed by atoms with Crippen molar-refractivity contribution >= 4 is 17.6 Å². The molecule has 0 saturated carbocycles. The highest BCUT2D eigenvalue weighted by Gasteiger charge is 2.16. The molecule has 1 N–H and O–H groups in total. The van der Waals surface area contributed by atoms with E-state index >= 15 is 0 Å². The maximum Gasteiger partial charge on any atom is 0.312 e. The maximum absolute atomic E-state index is 10.6. The molecule has 1 aromatic carbocycles. The lowest BCUT2D eigenvalue weighted by atomic mass is 10.2. The topological polar surface area (TPSA) is 94.7 Å². The molecule has 0 saturated heterocycles. The van der Waals surface area contributed by atoms with Crippen LogP contribution in [0.15, 0.2) is 16.7 Å². The van der Waals surface area contributed by atoms with E-state index in [9.17, 15) is 4.79 Å². The first kappa shape index (κ1) is 14.1. The maximum atomic E-state index is 10.6. The molecule has 0 aliphatic carbocycles. The lowest BCUT2D eigenvalue weighted by molar-refractivity contribution is -0.136. The van der Waals surface area contributed by atoms with Gasteiger partial charge in [-0.25, -0.2) is 0 Å². The van der Waals surface area contributed by atoms with Crippen LogP contribution in [0.25, 0.3) is 11.4 Å². The summed E-state index contributed by atoms with van der Waals surface area (Å²) in [6.07, 6.45) is -0.339. The lowest BCUT2D eigenvalue weighted by Crippen LogP contribution is -1.99. The Bertz CT molecular complexity index is 641. The highest BCUT2D eigenvalue weighted by molar-refractivity contribution is 6.32. The van der Waals surface area contributed by atoms with Gasteiger partial charge < -0.3 is 19.1 Å². The predicted molar refractivity (Wildman–Crippen MR) is 69.2 cm³/mol. The van der Waals surface area contributed by atoms with E-state index in [2.05, 4.69) is 10.1 Å². The van der Waals surface area contributed by atoms with Gasteiger partial charge in [0.2, 0.25) is 11.7 Å². The summed E-state index contributed by atoms with van der Waals surface area (Å²) in [4.78, 5) is 14.5. The summed E-state index contributed by atoms with van der Waals surface area (Å²) in [6.45, 7) is 0. The van der Waals surface area contributed by atoms with Crippen molar-refractivity contribution in [3.05, 3.63) is 23.0 Å². The number of nitrogens with zero attached hydrogens (tertiary/aromatic N) is 2. The minimum atomic E-state index is -1.05. The molecule has 2 aromatic rings. The van der Waals surface area contributed by atoms with E-state index in [4.69, 9.17) is 30.7 Å². The third-order valence-corrected chi connectivity index (χ3v) is 2.74. The van der Waals surface area contributed by atoms with Crippen LogP contribution in [0.3, 0.4) is 0 Å². The van der Waals surface area contributed by atoms with Gasteiger partial charge in [0.1, 0.15) is 6.42 Å². The van der Waals surface area contributed by atoms with Gasteiger partial charge in [-0.3, -0.25) is 4.79 Å². The Morgan fingerprint density at radius 2 is 2.15 bits per heavy atom. The van der Waals surface area contributed by atoms with Crippen molar-refractivity contribution < 1.29 is 23.9 Å². The Kier molecular flexibility index (Phi) is 4.09. The van der Waals surface area contributed by atoms with E-state index in [1.807, 2.05) is 0 Å². The highest BCUT2D eigenvalue weighted by atomic mass is 35.5. The summed E-state index contributed by atoms with van der Waals surface area (Å²) in [5.74, 6) is -0.000176. The number of hydrogen-bond donors (Lipinski definition) is 1. The summed E-state index contributed by atoms with van der Waals surface area (Å²) in [5.41, 5.74) is 0.535. The third kappa shape index (κ3) is 2.83.